The zero-order valence-corrected chi connectivity index (χ0v) is 17.0. The van der Waals surface area contributed by atoms with E-state index in [2.05, 4.69) is 10.4 Å². The minimum atomic E-state index is -0.650. The van der Waals surface area contributed by atoms with Crippen LogP contribution in [-0.4, -0.2) is 28.3 Å². The summed E-state index contributed by atoms with van der Waals surface area (Å²) in [7, 11) is 0. The molecular weight excluding hydrogens is 418 g/mol. The molecule has 0 saturated heterocycles. The Morgan fingerprint density at radius 3 is 2.97 bits per heavy atom. The predicted molar refractivity (Wildman–Crippen MR) is 109 cm³/mol. The second kappa shape index (κ2) is 8.22. The Balaban J connectivity index is 1.54. The first kappa shape index (κ1) is 20.0. The molecule has 0 fully saturated rings. The Kier molecular flexibility index (Phi) is 5.67. The molecule has 3 N–H and O–H groups in total. The maximum atomic E-state index is 13.9. The largest absolute Gasteiger partial charge is 0.347 e. The summed E-state index contributed by atoms with van der Waals surface area (Å²) < 4.78 is 28.9. The number of hydrogen-bond acceptors (Lipinski definition) is 4. The molecule has 0 spiro atoms. The number of benzene rings is 1. The molecule has 4 rings (SSSR count). The van der Waals surface area contributed by atoms with Crippen LogP contribution in [0.4, 0.5) is 8.78 Å². The second-order valence-corrected chi connectivity index (χ2v) is 8.51. The van der Waals surface area contributed by atoms with Crippen molar-refractivity contribution in [3.63, 3.8) is 0 Å². The number of carbonyl (C=O) groups is 1. The van der Waals surface area contributed by atoms with Crippen molar-refractivity contribution in [2.45, 2.75) is 31.8 Å². The first-order valence-corrected chi connectivity index (χ1v) is 10.4. The summed E-state index contributed by atoms with van der Waals surface area (Å²) in [5.74, 6) is -1.57. The number of hydrogen-bond donors (Lipinski definition) is 2. The van der Waals surface area contributed by atoms with Crippen molar-refractivity contribution in [1.29, 1.82) is 0 Å². The molecule has 1 aliphatic heterocycles. The Morgan fingerprint density at radius 2 is 2.21 bits per heavy atom. The lowest BCUT2D eigenvalue weighted by atomic mass is 10.0. The number of nitrogens with zero attached hydrogens (tertiary/aromatic N) is 2. The fraction of sp³-hybridized carbons (Fsp3) is 0.300. The minimum Gasteiger partial charge on any atom is -0.347 e. The molecule has 1 aliphatic rings. The van der Waals surface area contributed by atoms with E-state index >= 15 is 0 Å². The van der Waals surface area contributed by atoms with Crippen molar-refractivity contribution in [1.82, 2.24) is 15.1 Å². The number of halogens is 3. The fourth-order valence-corrected chi connectivity index (χ4v) is 4.87. The van der Waals surface area contributed by atoms with E-state index in [1.165, 1.54) is 23.5 Å². The minimum absolute atomic E-state index is 0.131. The Morgan fingerprint density at radius 1 is 1.38 bits per heavy atom. The molecule has 2 aromatic heterocycles. The molecule has 1 aromatic carbocycles. The van der Waals surface area contributed by atoms with Crippen molar-refractivity contribution in [2.24, 2.45) is 5.73 Å². The predicted octanol–water partition coefficient (Wildman–Crippen LogP) is 3.79. The normalized spacial score (nSPS) is 14.1. The molecule has 0 bridgehead atoms. The van der Waals surface area contributed by atoms with Crippen LogP contribution in [-0.2, 0) is 19.4 Å². The Hall–Kier alpha value is -2.29. The van der Waals surface area contributed by atoms with E-state index in [0.29, 0.717) is 15.5 Å². The van der Waals surface area contributed by atoms with Gasteiger partial charge in [0.15, 0.2) is 0 Å². The van der Waals surface area contributed by atoms with Crippen LogP contribution in [0.25, 0.3) is 11.3 Å². The summed E-state index contributed by atoms with van der Waals surface area (Å²) in [6.45, 7) is 0.912. The third-order valence-electron chi connectivity index (χ3n) is 4.96. The summed E-state index contributed by atoms with van der Waals surface area (Å²) >= 11 is 7.73. The van der Waals surface area contributed by atoms with Gasteiger partial charge in [0.05, 0.1) is 21.8 Å². The van der Waals surface area contributed by atoms with E-state index in [1.807, 2.05) is 10.7 Å². The summed E-state index contributed by atoms with van der Waals surface area (Å²) in [4.78, 5) is 14.4. The van der Waals surface area contributed by atoms with E-state index in [4.69, 9.17) is 17.3 Å². The van der Waals surface area contributed by atoms with Gasteiger partial charge in [-0.05, 0) is 37.0 Å². The van der Waals surface area contributed by atoms with E-state index in [0.717, 1.165) is 41.6 Å². The van der Waals surface area contributed by atoms with Crippen LogP contribution >= 0.6 is 22.9 Å². The van der Waals surface area contributed by atoms with E-state index in [-0.39, 0.29) is 18.9 Å². The highest BCUT2D eigenvalue weighted by Gasteiger charge is 2.24. The lowest BCUT2D eigenvalue weighted by Gasteiger charge is -2.17. The highest BCUT2D eigenvalue weighted by molar-refractivity contribution is 7.14. The number of amides is 1. The van der Waals surface area contributed by atoms with Crippen LogP contribution in [0, 0.1) is 11.6 Å². The van der Waals surface area contributed by atoms with Crippen LogP contribution in [0.2, 0.25) is 5.02 Å². The van der Waals surface area contributed by atoms with Gasteiger partial charge in [0.1, 0.15) is 11.6 Å². The lowest BCUT2D eigenvalue weighted by molar-refractivity contribution is 0.0942. The van der Waals surface area contributed by atoms with Gasteiger partial charge in [-0.25, -0.2) is 8.78 Å². The highest BCUT2D eigenvalue weighted by Crippen LogP contribution is 2.38. The van der Waals surface area contributed by atoms with Crippen LogP contribution < -0.4 is 11.1 Å². The zero-order valence-electron chi connectivity index (χ0n) is 15.4. The number of aromatic nitrogens is 2. The van der Waals surface area contributed by atoms with Crippen LogP contribution in [0.3, 0.4) is 0 Å². The number of carbonyl (C=O) groups excluding carboxylic acids is 1. The Labute approximate surface area is 175 Å². The van der Waals surface area contributed by atoms with E-state index in [1.54, 1.807) is 6.20 Å². The number of fused-ring (bicyclic) bond motifs is 3. The molecule has 3 heterocycles. The number of aryl methyl sites for hydroxylation is 2. The van der Waals surface area contributed by atoms with Crippen LogP contribution in [0.1, 0.15) is 26.5 Å². The average Bonchev–Trinajstić information content (AvgIpc) is 3.22. The summed E-state index contributed by atoms with van der Waals surface area (Å²) in [5.41, 5.74) is 7.84. The van der Waals surface area contributed by atoms with Gasteiger partial charge in [0, 0.05) is 35.6 Å². The van der Waals surface area contributed by atoms with Crippen molar-refractivity contribution in [3.05, 3.63) is 62.4 Å². The smallest absolute Gasteiger partial charge is 0.261 e. The second-order valence-electron chi connectivity index (χ2n) is 6.96. The molecular formula is C20H19ClF2N4OS. The Bertz CT molecular complexity index is 1060. The summed E-state index contributed by atoms with van der Waals surface area (Å²) in [6.07, 6.45) is 3.55. The van der Waals surface area contributed by atoms with Gasteiger partial charge in [0.25, 0.3) is 5.91 Å². The van der Waals surface area contributed by atoms with Gasteiger partial charge in [0.2, 0.25) is 0 Å². The maximum Gasteiger partial charge on any atom is 0.261 e. The molecule has 5 nitrogen and oxygen atoms in total. The van der Waals surface area contributed by atoms with Gasteiger partial charge in [-0.1, -0.05) is 17.7 Å². The quantitative estimate of drug-likeness (QED) is 0.639. The molecule has 1 amide bonds. The molecule has 0 aliphatic carbocycles. The van der Waals surface area contributed by atoms with E-state index < -0.39 is 17.7 Å². The van der Waals surface area contributed by atoms with Crippen LogP contribution in [0.15, 0.2) is 30.5 Å². The first-order chi connectivity index (χ1) is 14.0. The summed E-state index contributed by atoms with van der Waals surface area (Å²) in [5, 5.41) is 7.72. The molecule has 152 valence electrons. The number of nitrogens with two attached hydrogens (primary N) is 1. The molecule has 3 aromatic rings. The van der Waals surface area contributed by atoms with E-state index in [9.17, 15) is 13.6 Å². The van der Waals surface area contributed by atoms with Gasteiger partial charge >= 0.3 is 0 Å². The summed E-state index contributed by atoms with van der Waals surface area (Å²) in [6, 6.07) is 4.74. The highest BCUT2D eigenvalue weighted by atomic mass is 35.5. The third-order valence-corrected chi connectivity index (χ3v) is 6.43. The number of thiophene rings is 1. The average molecular weight is 437 g/mol. The lowest BCUT2D eigenvalue weighted by Crippen LogP contribution is -2.41. The van der Waals surface area contributed by atoms with Crippen LogP contribution in [0.5, 0.6) is 0 Å². The van der Waals surface area contributed by atoms with Gasteiger partial charge in [-0.2, -0.15) is 5.10 Å². The van der Waals surface area contributed by atoms with Crippen molar-refractivity contribution < 1.29 is 13.6 Å². The maximum absolute atomic E-state index is 13.9. The van der Waals surface area contributed by atoms with Crippen molar-refractivity contribution in [3.8, 4) is 11.3 Å². The number of rotatable bonds is 5. The van der Waals surface area contributed by atoms with Gasteiger partial charge < -0.3 is 11.1 Å². The van der Waals surface area contributed by atoms with Gasteiger partial charge in [-0.3, -0.25) is 9.48 Å². The third kappa shape index (κ3) is 4.05. The standard InChI is InChI=1S/C20H19ClF2N4OS/c21-15-10-25-27-5-1-2-17-14(19(15)27)8-18(29-17)20(28)26-13(9-24)6-11-3-4-12(22)7-16(11)23/h3-4,7-8,10,13H,1-2,5-6,9,24H2,(H,26,28)/t13-/m0/s1. The van der Waals surface area contributed by atoms with Crippen molar-refractivity contribution >= 4 is 28.8 Å². The SMILES string of the molecule is NC[C@H](Cc1ccc(F)cc1F)NC(=O)c1cc2c(s1)CCCn1ncc(Cl)c1-2. The molecule has 0 unspecified atom stereocenters. The molecule has 9 heteroatoms. The zero-order chi connectivity index (χ0) is 20.5. The molecule has 0 saturated carbocycles. The van der Waals surface area contributed by atoms with Gasteiger partial charge in [-0.15, -0.1) is 11.3 Å². The fourth-order valence-electron chi connectivity index (χ4n) is 3.52. The molecule has 29 heavy (non-hydrogen) atoms. The number of nitrogens with one attached hydrogen (secondary N) is 1. The first-order valence-electron chi connectivity index (χ1n) is 9.25. The topological polar surface area (TPSA) is 72.9 Å². The molecule has 0 radical (unpaired) electrons. The monoisotopic (exact) mass is 436 g/mol. The molecule has 1 atom stereocenters. The van der Waals surface area contributed by atoms with Crippen molar-refractivity contribution in [2.75, 3.05) is 6.54 Å².